The summed E-state index contributed by atoms with van der Waals surface area (Å²) in [6.45, 7) is 10.7. The van der Waals surface area contributed by atoms with E-state index in [2.05, 4.69) is 5.32 Å². The van der Waals surface area contributed by atoms with Crippen molar-refractivity contribution in [3.63, 3.8) is 0 Å². The molecule has 0 spiro atoms. The Balaban J connectivity index is 2.08. The summed E-state index contributed by atoms with van der Waals surface area (Å²) in [4.78, 5) is 36.9. The van der Waals surface area contributed by atoms with Gasteiger partial charge in [-0.05, 0) is 41.5 Å². The average Bonchev–Trinajstić information content (AvgIpc) is 2.82. The van der Waals surface area contributed by atoms with E-state index < -0.39 is 41.3 Å². The largest absolute Gasteiger partial charge is 0.458 e. The van der Waals surface area contributed by atoms with Gasteiger partial charge in [-0.1, -0.05) is 0 Å². The third kappa shape index (κ3) is 4.47. The first-order chi connectivity index (χ1) is 11.3. The number of alkyl carbamates (subject to hydrolysis) is 1. The molecule has 2 heterocycles. The molecule has 0 aromatic carbocycles. The fourth-order valence-corrected chi connectivity index (χ4v) is 2.69. The number of rotatable bonds is 2. The van der Waals surface area contributed by atoms with Crippen LogP contribution in [0.25, 0.3) is 0 Å². The lowest BCUT2D eigenvalue weighted by Gasteiger charge is -2.27. The number of ether oxygens (including phenoxy) is 2. The van der Waals surface area contributed by atoms with Gasteiger partial charge in [-0.2, -0.15) is 0 Å². The first-order valence-electron chi connectivity index (χ1n) is 8.16. The topological polar surface area (TPSA) is 112 Å². The van der Waals surface area contributed by atoms with E-state index >= 15 is 0 Å². The molecule has 140 valence electrons. The van der Waals surface area contributed by atoms with Crippen molar-refractivity contribution in [1.29, 1.82) is 5.41 Å². The Labute approximate surface area is 147 Å². The molecule has 2 saturated heterocycles. The molecule has 0 aromatic heterocycles. The van der Waals surface area contributed by atoms with Crippen molar-refractivity contribution < 1.29 is 23.9 Å². The molecule has 0 bridgehead atoms. The quantitative estimate of drug-likeness (QED) is 0.706. The first kappa shape index (κ1) is 19.2. The first-order valence-corrected chi connectivity index (χ1v) is 8.16. The van der Waals surface area contributed by atoms with Gasteiger partial charge in [0, 0.05) is 6.54 Å². The Morgan fingerprint density at radius 1 is 1.12 bits per heavy atom. The minimum Gasteiger partial charge on any atom is -0.458 e. The van der Waals surface area contributed by atoms with Crippen LogP contribution in [0.2, 0.25) is 0 Å². The fraction of sp³-hybridized carbons (Fsp3) is 0.750. The molecule has 2 aliphatic heterocycles. The van der Waals surface area contributed by atoms with Crippen molar-refractivity contribution in [1.82, 2.24) is 15.3 Å². The summed E-state index contributed by atoms with van der Waals surface area (Å²) >= 11 is 0. The van der Waals surface area contributed by atoms with Gasteiger partial charge in [0.25, 0.3) is 5.91 Å². The number of hydrazine groups is 1. The van der Waals surface area contributed by atoms with Gasteiger partial charge in [-0.15, -0.1) is 0 Å². The SMILES string of the molecule is CC(C)(C)OC(=O)N[C@H]1CN2CC(=N)C(C(=O)OC(C)(C)C)N2C1=O. The van der Waals surface area contributed by atoms with Crippen molar-refractivity contribution >= 4 is 23.7 Å². The zero-order valence-corrected chi connectivity index (χ0v) is 15.5. The molecule has 2 fully saturated rings. The molecule has 0 saturated carbocycles. The van der Waals surface area contributed by atoms with Gasteiger partial charge >= 0.3 is 12.1 Å². The lowest BCUT2D eigenvalue weighted by Crippen LogP contribution is -2.50. The summed E-state index contributed by atoms with van der Waals surface area (Å²) in [5.41, 5.74) is -1.30. The summed E-state index contributed by atoms with van der Waals surface area (Å²) in [6, 6.07) is -1.91. The lowest BCUT2D eigenvalue weighted by molar-refractivity contribution is -0.165. The minimum absolute atomic E-state index is 0.0957. The molecular weight excluding hydrogens is 328 g/mol. The van der Waals surface area contributed by atoms with Crippen molar-refractivity contribution in [3.05, 3.63) is 0 Å². The van der Waals surface area contributed by atoms with Crippen molar-refractivity contribution in [2.45, 2.75) is 64.8 Å². The highest BCUT2D eigenvalue weighted by molar-refractivity contribution is 6.10. The zero-order chi connectivity index (χ0) is 19.2. The summed E-state index contributed by atoms with van der Waals surface area (Å²) < 4.78 is 10.5. The number of fused-ring (bicyclic) bond motifs is 1. The van der Waals surface area contributed by atoms with Crippen molar-refractivity contribution in [2.75, 3.05) is 13.1 Å². The molecule has 2 N–H and O–H groups in total. The molecule has 2 rings (SSSR count). The maximum Gasteiger partial charge on any atom is 0.408 e. The number of nitrogens with one attached hydrogen (secondary N) is 2. The normalized spacial score (nSPS) is 24.3. The maximum atomic E-state index is 12.6. The second-order valence-corrected chi connectivity index (χ2v) is 8.19. The second kappa shape index (κ2) is 6.29. The Morgan fingerprint density at radius 3 is 2.20 bits per heavy atom. The molecular formula is C16H26N4O5. The summed E-state index contributed by atoms with van der Waals surface area (Å²) in [5, 5.41) is 13.3. The number of carbonyl (C=O) groups excluding carboxylic acids is 3. The standard InChI is InChI=1S/C16H26N4O5/c1-15(2,3)24-13(22)11-9(17)7-19-8-10(12(21)20(11)19)18-14(23)25-16(4,5)6/h10-11,17H,7-8H2,1-6H3,(H,18,23)/t10-,11?/m0/s1. The van der Waals surface area contributed by atoms with Crippen LogP contribution in [0.4, 0.5) is 4.79 Å². The Kier molecular flexibility index (Phi) is 4.82. The lowest BCUT2D eigenvalue weighted by atomic mass is 10.1. The number of hydrogen-bond donors (Lipinski definition) is 2. The Bertz CT molecular complexity index is 605. The molecule has 25 heavy (non-hydrogen) atoms. The number of nitrogens with zero attached hydrogens (tertiary/aromatic N) is 2. The van der Waals surface area contributed by atoms with Crippen LogP contribution in [0, 0.1) is 5.41 Å². The molecule has 9 heteroatoms. The number of esters is 1. The van der Waals surface area contributed by atoms with Gasteiger partial charge in [0.15, 0.2) is 6.04 Å². The van der Waals surface area contributed by atoms with E-state index in [0.29, 0.717) is 0 Å². The van der Waals surface area contributed by atoms with Gasteiger partial charge in [-0.3, -0.25) is 9.80 Å². The summed E-state index contributed by atoms with van der Waals surface area (Å²) in [7, 11) is 0. The summed E-state index contributed by atoms with van der Waals surface area (Å²) in [6.07, 6.45) is -0.697. The molecule has 1 unspecified atom stereocenters. The smallest absolute Gasteiger partial charge is 0.408 e. The zero-order valence-electron chi connectivity index (χ0n) is 15.5. The van der Waals surface area contributed by atoms with Crippen molar-refractivity contribution in [3.8, 4) is 0 Å². The highest BCUT2D eigenvalue weighted by Gasteiger charge is 2.52. The van der Waals surface area contributed by atoms with Gasteiger partial charge in [0.2, 0.25) is 0 Å². The molecule has 2 atom stereocenters. The van der Waals surface area contributed by atoms with E-state index in [0.717, 1.165) is 0 Å². The minimum atomic E-state index is -1.09. The van der Waals surface area contributed by atoms with Crippen molar-refractivity contribution in [2.24, 2.45) is 0 Å². The highest BCUT2D eigenvalue weighted by Crippen LogP contribution is 2.26. The second-order valence-electron chi connectivity index (χ2n) is 8.19. The van der Waals surface area contributed by atoms with Crippen LogP contribution < -0.4 is 5.32 Å². The van der Waals surface area contributed by atoms with E-state index in [1.807, 2.05) is 0 Å². The van der Waals surface area contributed by atoms with E-state index in [4.69, 9.17) is 14.9 Å². The van der Waals surface area contributed by atoms with Gasteiger partial charge < -0.3 is 20.2 Å². The third-order valence-electron chi connectivity index (χ3n) is 3.47. The van der Waals surface area contributed by atoms with Crippen LogP contribution in [0.5, 0.6) is 0 Å². The van der Waals surface area contributed by atoms with Gasteiger partial charge in [-0.25, -0.2) is 14.6 Å². The van der Waals surface area contributed by atoms with E-state index in [1.165, 1.54) is 5.01 Å². The number of carbonyl (C=O) groups is 3. The van der Waals surface area contributed by atoms with Crippen LogP contribution in [-0.2, 0) is 19.1 Å². The Hall–Kier alpha value is -2.16. The number of amides is 2. The summed E-state index contributed by atoms with van der Waals surface area (Å²) in [5.74, 6) is -1.10. The van der Waals surface area contributed by atoms with Crippen LogP contribution in [-0.4, -0.2) is 70.1 Å². The predicted molar refractivity (Wildman–Crippen MR) is 88.9 cm³/mol. The maximum absolute atomic E-state index is 12.6. The van der Waals surface area contributed by atoms with E-state index in [9.17, 15) is 14.4 Å². The van der Waals surface area contributed by atoms with Crippen LogP contribution in [0.1, 0.15) is 41.5 Å². The highest BCUT2D eigenvalue weighted by atomic mass is 16.6. The third-order valence-corrected chi connectivity index (χ3v) is 3.47. The van der Waals surface area contributed by atoms with Crippen LogP contribution >= 0.6 is 0 Å². The number of hydrogen-bond acceptors (Lipinski definition) is 7. The van der Waals surface area contributed by atoms with E-state index in [-0.39, 0.29) is 18.8 Å². The van der Waals surface area contributed by atoms with Gasteiger partial charge in [0.1, 0.15) is 17.2 Å². The molecule has 2 aliphatic rings. The molecule has 0 aromatic rings. The molecule has 9 nitrogen and oxygen atoms in total. The molecule has 2 amide bonds. The monoisotopic (exact) mass is 354 g/mol. The van der Waals surface area contributed by atoms with Gasteiger partial charge in [0.05, 0.1) is 12.3 Å². The molecule has 0 aliphatic carbocycles. The van der Waals surface area contributed by atoms with E-state index in [1.54, 1.807) is 46.6 Å². The van der Waals surface area contributed by atoms with Crippen LogP contribution in [0.3, 0.4) is 0 Å². The fourth-order valence-electron chi connectivity index (χ4n) is 2.69. The Morgan fingerprint density at radius 2 is 1.68 bits per heavy atom. The molecule has 0 radical (unpaired) electrons. The predicted octanol–water partition coefficient (Wildman–Crippen LogP) is 0.683. The van der Waals surface area contributed by atoms with Crippen LogP contribution in [0.15, 0.2) is 0 Å². The average molecular weight is 354 g/mol.